The number of hydrogen-bond acceptors (Lipinski definition) is 8. The van der Waals surface area contributed by atoms with Gasteiger partial charge in [0, 0.05) is 66.2 Å². The molecule has 0 saturated carbocycles. The van der Waals surface area contributed by atoms with Gasteiger partial charge in [-0.1, -0.05) is 455 Å². The third-order valence-corrected chi connectivity index (χ3v) is 27.2. The number of aliphatic imine (C=N–C) groups is 1. The van der Waals surface area contributed by atoms with Crippen molar-refractivity contribution in [2.45, 2.75) is 6.04 Å². The Morgan fingerprint density at radius 1 is 0.177 bits per heavy atom. The zero-order valence-electron chi connectivity index (χ0n) is 76.7. The van der Waals surface area contributed by atoms with Crippen molar-refractivity contribution in [3.63, 3.8) is 0 Å². The van der Waals surface area contributed by atoms with Crippen LogP contribution in [0.1, 0.15) is 22.7 Å². The summed E-state index contributed by atoms with van der Waals surface area (Å²) in [4.78, 5) is 20.0. The number of benzene rings is 21. The van der Waals surface area contributed by atoms with Gasteiger partial charge in [0.2, 0.25) is 0 Å². The van der Waals surface area contributed by atoms with Crippen molar-refractivity contribution in [2.24, 2.45) is 4.99 Å². The number of ether oxygens (including phenoxy) is 3. The van der Waals surface area contributed by atoms with Crippen molar-refractivity contribution in [1.29, 1.82) is 0 Å². The Morgan fingerprint density at radius 3 is 0.816 bits per heavy atom. The number of fused-ring (bicyclic) bond motifs is 6. The Hall–Kier alpha value is -18.8. The number of nitrogens with zero attached hydrogens (tertiary/aromatic N) is 4. The van der Waals surface area contributed by atoms with Gasteiger partial charge in [-0.05, 0) is 183 Å². The molecule has 1 atom stereocenters. The maximum absolute atomic E-state index is 6.31. The maximum Gasteiger partial charge on any atom is 0.160 e. The molecule has 23 aromatic rings. The summed E-state index contributed by atoms with van der Waals surface area (Å²) in [7, 11) is 0. The van der Waals surface area contributed by atoms with Crippen LogP contribution in [-0.2, 0) is 0 Å². The molecule has 0 saturated heterocycles. The number of amidine groups is 1. The van der Waals surface area contributed by atoms with Crippen LogP contribution in [0.3, 0.4) is 0 Å². The maximum atomic E-state index is 6.31. The van der Waals surface area contributed by atoms with Crippen molar-refractivity contribution in [3.05, 3.63) is 532 Å². The fraction of sp³-hybridized carbons (Fsp3) is 0.00752. The summed E-state index contributed by atoms with van der Waals surface area (Å²) < 4.78 is 18.9. The van der Waals surface area contributed by atoms with E-state index in [0.29, 0.717) is 0 Å². The molecule has 21 aromatic carbocycles. The predicted octanol–water partition coefficient (Wildman–Crippen LogP) is 35.2. The van der Waals surface area contributed by atoms with Gasteiger partial charge in [-0.25, -0.2) is 19.9 Å². The van der Waals surface area contributed by atoms with Crippen LogP contribution in [-0.4, -0.2) is 20.8 Å². The zero-order valence-corrected chi connectivity index (χ0v) is 76.7. The molecule has 0 spiro atoms. The molecule has 27 rings (SSSR count). The standard InChI is InChI=1S/C45H29NO.C44H28N2O.C44H30N2O/c1-3-10-34(11-4-1)41-28-36(29-42(46-41)35-12-5-2-6-13-35)32-20-18-30(19-21-32)31-22-24-33(25-23-31)37-26-27-44-45-39(37)15-9-16-40(45)38-14-7-8-17-43(38)47-44;1-3-10-32(11-4-1)39-28-40(46-44(45-39)34-12-5-2-6-13-34)33-24-20-30(21-25-33)29-18-22-31(23-19-29)35-26-27-42-43-37(35)15-9-16-38(43)36-14-7-8-17-41(36)47-42;1-3-10-32(11-4-1)39-28-40(33-12-5-2-6-13-33)46-44(45-39)34-24-20-30(21-25-34)29-18-22-31(23-19-29)35-26-27-42-43-37(35)15-9-16-38(43)36-14-7-8-17-41(36)47-42/h1-29H;1-28H;1-28,39H,(H,45,46). The monoisotopic (exact) mass is 1800 g/mol. The fourth-order valence-corrected chi connectivity index (χ4v) is 20.1. The van der Waals surface area contributed by atoms with Gasteiger partial charge in [-0.15, -0.1) is 0 Å². The largest absolute Gasteiger partial charge is 0.456 e. The smallest absolute Gasteiger partial charge is 0.160 e. The van der Waals surface area contributed by atoms with Gasteiger partial charge in [0.05, 0.1) is 34.5 Å². The molecular weight excluding hydrogens is 1720 g/mol. The molecule has 0 aliphatic carbocycles. The van der Waals surface area contributed by atoms with E-state index in [9.17, 15) is 0 Å². The minimum absolute atomic E-state index is 0.0303. The number of pyridine rings is 1. The highest BCUT2D eigenvalue weighted by molar-refractivity contribution is 6.13. The Bertz CT molecular complexity index is 8280. The van der Waals surface area contributed by atoms with Crippen LogP contribution in [0.5, 0.6) is 34.5 Å². The Morgan fingerprint density at radius 2 is 0.454 bits per heavy atom. The van der Waals surface area contributed by atoms with Crippen LogP contribution in [0.4, 0.5) is 0 Å². The van der Waals surface area contributed by atoms with Gasteiger partial charge in [-0.3, -0.25) is 0 Å². The van der Waals surface area contributed by atoms with Gasteiger partial charge in [-0.2, -0.15) is 0 Å². The Kier molecular flexibility index (Phi) is 21.9. The van der Waals surface area contributed by atoms with E-state index in [-0.39, 0.29) is 6.04 Å². The predicted molar refractivity (Wildman–Crippen MR) is 580 cm³/mol. The molecule has 6 heterocycles. The quantitative estimate of drug-likeness (QED) is 0.109. The summed E-state index contributed by atoms with van der Waals surface area (Å²) in [6.45, 7) is 0. The van der Waals surface area contributed by atoms with Crippen LogP contribution in [0, 0.1) is 0 Å². The summed E-state index contributed by atoms with van der Waals surface area (Å²) in [6, 6.07) is 179. The van der Waals surface area contributed by atoms with Crippen molar-refractivity contribution in [3.8, 4) is 202 Å². The first-order valence-corrected chi connectivity index (χ1v) is 47.8. The molecule has 2 aromatic heterocycles. The Labute approximate surface area is 818 Å². The minimum Gasteiger partial charge on any atom is -0.456 e. The van der Waals surface area contributed by atoms with E-state index in [4.69, 9.17) is 34.2 Å². The van der Waals surface area contributed by atoms with Crippen LogP contribution >= 0.6 is 0 Å². The van der Waals surface area contributed by atoms with Crippen molar-refractivity contribution in [2.75, 3.05) is 0 Å². The summed E-state index contributed by atoms with van der Waals surface area (Å²) in [6.07, 6.45) is 2.21. The topological polar surface area (TPSA) is 90.8 Å². The molecule has 1 N–H and O–H groups in total. The Balaban J connectivity index is 0.000000111. The van der Waals surface area contributed by atoms with Crippen molar-refractivity contribution >= 4 is 43.9 Å². The van der Waals surface area contributed by atoms with E-state index in [1.807, 2.05) is 91.0 Å². The second kappa shape index (κ2) is 36.8. The summed E-state index contributed by atoms with van der Waals surface area (Å²) >= 11 is 0. The molecule has 4 aliphatic heterocycles. The van der Waals surface area contributed by atoms with Crippen molar-refractivity contribution < 1.29 is 14.2 Å². The molecule has 0 radical (unpaired) electrons. The van der Waals surface area contributed by atoms with Crippen LogP contribution in [0.2, 0.25) is 0 Å². The first-order valence-electron chi connectivity index (χ1n) is 47.8. The number of para-hydroxylation sites is 3. The third-order valence-electron chi connectivity index (χ3n) is 27.2. The SMILES string of the molecule is C1=C(c2ccccc2)N=C(c2ccc(-c3ccc(-c4ccc5c6c(cccc46)-c4ccccc4O5)cc3)cc2)NC1c1ccccc1.c1ccc(-c2cc(-c3ccc(-c4ccc(-c5ccc6c7c(cccc57)-c5ccccc5O6)cc4)cc3)cc(-c3ccccc3)n2)cc1.c1ccc(-c2cc(-c3ccc(-c4ccc(-c5ccc6c7c(cccc57)-c5ccccc5O6)cc4)cc3)nc(-c3ccccc3)n2)cc1. The van der Waals surface area contributed by atoms with E-state index in [0.717, 1.165) is 158 Å². The number of nitrogens with one attached hydrogen (secondary N) is 1. The highest BCUT2D eigenvalue weighted by Gasteiger charge is 2.28. The van der Waals surface area contributed by atoms with Gasteiger partial charge >= 0.3 is 0 Å². The summed E-state index contributed by atoms with van der Waals surface area (Å²) in [5, 5.41) is 10.8. The van der Waals surface area contributed by atoms with Crippen LogP contribution in [0.25, 0.3) is 206 Å². The van der Waals surface area contributed by atoms with E-state index >= 15 is 0 Å². The number of aromatic nitrogens is 3. The highest BCUT2D eigenvalue weighted by atomic mass is 16.5. The van der Waals surface area contributed by atoms with E-state index < -0.39 is 0 Å². The van der Waals surface area contributed by atoms with Crippen LogP contribution < -0.4 is 19.5 Å². The van der Waals surface area contributed by atoms with Crippen LogP contribution in [0.15, 0.2) is 521 Å². The molecule has 8 nitrogen and oxygen atoms in total. The van der Waals surface area contributed by atoms with Gasteiger partial charge in [0.1, 0.15) is 40.3 Å². The number of rotatable bonds is 15. The molecule has 0 bridgehead atoms. The first-order chi connectivity index (χ1) is 69.8. The lowest BCUT2D eigenvalue weighted by Gasteiger charge is -2.24. The normalized spacial score (nSPS) is 12.6. The second-order valence-electron chi connectivity index (χ2n) is 35.7. The molecule has 1 unspecified atom stereocenters. The summed E-state index contributed by atoms with van der Waals surface area (Å²) in [5.41, 5.74) is 37.0. The minimum atomic E-state index is 0.0303. The lowest BCUT2D eigenvalue weighted by Crippen LogP contribution is -2.31. The van der Waals surface area contributed by atoms with Gasteiger partial charge in [0.25, 0.3) is 0 Å². The highest BCUT2D eigenvalue weighted by Crippen LogP contribution is 2.53. The van der Waals surface area contributed by atoms with Gasteiger partial charge < -0.3 is 19.5 Å². The van der Waals surface area contributed by atoms with E-state index in [2.05, 4.69) is 430 Å². The van der Waals surface area contributed by atoms with E-state index in [1.54, 1.807) is 0 Å². The lowest BCUT2D eigenvalue weighted by molar-refractivity contribution is 0.487. The molecule has 0 fully saturated rings. The fourth-order valence-electron chi connectivity index (χ4n) is 20.1. The summed E-state index contributed by atoms with van der Waals surface area (Å²) in [5.74, 6) is 7.05. The molecule has 662 valence electrons. The molecule has 0 amide bonds. The average molecular weight is 1800 g/mol. The zero-order chi connectivity index (χ0) is 93.5. The molecule has 141 heavy (non-hydrogen) atoms. The number of hydrogen-bond donors (Lipinski definition) is 1. The molecule has 8 heteroatoms. The van der Waals surface area contributed by atoms with E-state index in [1.165, 1.54) is 105 Å². The second-order valence-corrected chi connectivity index (χ2v) is 35.7. The third kappa shape index (κ3) is 16.5. The molecular formula is C133H87N5O3. The molecule has 4 aliphatic rings. The average Bonchev–Trinajstić information content (AvgIpc) is 0.744. The van der Waals surface area contributed by atoms with Gasteiger partial charge in [0.15, 0.2) is 5.82 Å². The first kappa shape index (κ1) is 84.0. The van der Waals surface area contributed by atoms with Crippen molar-refractivity contribution in [1.82, 2.24) is 20.3 Å². The lowest BCUT2D eigenvalue weighted by atomic mass is 9.90.